The van der Waals surface area contributed by atoms with E-state index in [1.54, 1.807) is 12.1 Å². The molecule has 0 aliphatic heterocycles. The van der Waals surface area contributed by atoms with Crippen LogP contribution in [0, 0.1) is 17.7 Å². The van der Waals surface area contributed by atoms with Gasteiger partial charge in [0.15, 0.2) is 0 Å². The van der Waals surface area contributed by atoms with Crippen molar-refractivity contribution in [1.82, 2.24) is 5.32 Å². The zero-order valence-electron chi connectivity index (χ0n) is 12.9. The second-order valence-corrected chi connectivity index (χ2v) is 6.36. The molecule has 2 rings (SSSR count). The second kappa shape index (κ2) is 7.78. The molecule has 1 aromatic carbocycles. The number of rotatable bonds is 6. The zero-order valence-corrected chi connectivity index (χ0v) is 12.9. The Labute approximate surface area is 123 Å². The number of halogens is 1. The highest BCUT2D eigenvalue weighted by Crippen LogP contribution is 2.30. The topological polar surface area (TPSA) is 12.0 Å². The Balaban J connectivity index is 1.81. The molecule has 0 aromatic heterocycles. The van der Waals surface area contributed by atoms with Gasteiger partial charge in [-0.25, -0.2) is 4.39 Å². The van der Waals surface area contributed by atoms with Gasteiger partial charge in [0.25, 0.3) is 0 Å². The van der Waals surface area contributed by atoms with E-state index in [1.165, 1.54) is 32.1 Å². The van der Waals surface area contributed by atoms with Gasteiger partial charge in [-0.3, -0.25) is 0 Å². The van der Waals surface area contributed by atoms with E-state index in [4.69, 9.17) is 0 Å². The minimum atomic E-state index is -0.0851. The first-order valence-electron chi connectivity index (χ1n) is 8.18. The van der Waals surface area contributed by atoms with Crippen LogP contribution in [0.1, 0.15) is 64.0 Å². The summed E-state index contributed by atoms with van der Waals surface area (Å²) >= 11 is 0. The number of hydrogen-bond acceptors (Lipinski definition) is 1. The molecule has 0 radical (unpaired) electrons. The number of nitrogens with one attached hydrogen (secondary N) is 1. The standard InChI is InChI=1S/C18H28FN/c1-3-18(16-9-4-5-10-17(16)19)20-12-11-15-8-6-7-14(2)13-15/h4-5,9-10,14-15,18,20H,3,6-8,11-13H2,1-2H3. The maximum atomic E-state index is 13.8. The van der Waals surface area contributed by atoms with Crippen molar-refractivity contribution in [2.24, 2.45) is 11.8 Å². The first-order chi connectivity index (χ1) is 9.70. The number of hydrogen-bond donors (Lipinski definition) is 1. The summed E-state index contributed by atoms with van der Waals surface area (Å²) in [4.78, 5) is 0. The molecule has 0 spiro atoms. The molecule has 0 heterocycles. The number of benzene rings is 1. The van der Waals surface area contributed by atoms with E-state index in [0.717, 1.165) is 30.4 Å². The van der Waals surface area contributed by atoms with Gasteiger partial charge in [-0.05, 0) is 43.7 Å². The minimum absolute atomic E-state index is 0.0851. The second-order valence-electron chi connectivity index (χ2n) is 6.36. The van der Waals surface area contributed by atoms with Crippen LogP contribution in [0.15, 0.2) is 24.3 Å². The molecule has 1 nitrogen and oxygen atoms in total. The third-order valence-electron chi connectivity index (χ3n) is 4.68. The smallest absolute Gasteiger partial charge is 0.127 e. The molecule has 0 saturated heterocycles. The van der Waals surface area contributed by atoms with Crippen molar-refractivity contribution >= 4 is 0 Å². The maximum Gasteiger partial charge on any atom is 0.127 e. The fraction of sp³-hybridized carbons (Fsp3) is 0.667. The third-order valence-corrected chi connectivity index (χ3v) is 4.68. The Hall–Kier alpha value is -0.890. The minimum Gasteiger partial charge on any atom is -0.310 e. The van der Waals surface area contributed by atoms with Gasteiger partial charge in [-0.2, -0.15) is 0 Å². The van der Waals surface area contributed by atoms with Crippen LogP contribution in [0.2, 0.25) is 0 Å². The average molecular weight is 277 g/mol. The first kappa shape index (κ1) is 15.5. The van der Waals surface area contributed by atoms with Gasteiger partial charge < -0.3 is 5.32 Å². The predicted octanol–water partition coefficient (Wildman–Crippen LogP) is 5.08. The van der Waals surface area contributed by atoms with Gasteiger partial charge >= 0.3 is 0 Å². The Morgan fingerprint density at radius 3 is 2.80 bits per heavy atom. The quantitative estimate of drug-likeness (QED) is 0.764. The molecule has 1 aliphatic rings. The lowest BCUT2D eigenvalue weighted by Gasteiger charge is -2.27. The molecule has 1 N–H and O–H groups in total. The fourth-order valence-corrected chi connectivity index (χ4v) is 3.52. The normalized spacial score (nSPS) is 24.6. The summed E-state index contributed by atoms with van der Waals surface area (Å²) in [5, 5.41) is 3.55. The first-order valence-corrected chi connectivity index (χ1v) is 8.18. The molecule has 0 amide bonds. The highest BCUT2D eigenvalue weighted by molar-refractivity contribution is 5.21. The van der Waals surface area contributed by atoms with Crippen molar-refractivity contribution < 1.29 is 4.39 Å². The average Bonchev–Trinajstić information content (AvgIpc) is 2.45. The molecule has 3 atom stereocenters. The van der Waals surface area contributed by atoms with Crippen LogP contribution in [0.3, 0.4) is 0 Å². The predicted molar refractivity (Wildman–Crippen MR) is 83.2 cm³/mol. The van der Waals surface area contributed by atoms with E-state index in [1.807, 2.05) is 12.1 Å². The van der Waals surface area contributed by atoms with Crippen molar-refractivity contribution in [3.63, 3.8) is 0 Å². The fourth-order valence-electron chi connectivity index (χ4n) is 3.52. The van der Waals surface area contributed by atoms with Crippen LogP contribution in [-0.2, 0) is 0 Å². The lowest BCUT2D eigenvalue weighted by Crippen LogP contribution is -2.25. The Bertz CT molecular complexity index is 404. The molecule has 3 unspecified atom stereocenters. The van der Waals surface area contributed by atoms with Crippen molar-refractivity contribution in [2.75, 3.05) is 6.54 Å². The van der Waals surface area contributed by atoms with Crippen molar-refractivity contribution in [1.29, 1.82) is 0 Å². The zero-order chi connectivity index (χ0) is 14.4. The summed E-state index contributed by atoms with van der Waals surface area (Å²) in [5.41, 5.74) is 0.812. The van der Waals surface area contributed by atoms with Crippen molar-refractivity contribution in [3.8, 4) is 0 Å². The van der Waals surface area contributed by atoms with E-state index in [9.17, 15) is 4.39 Å². The molecule has 1 aromatic rings. The summed E-state index contributed by atoms with van der Waals surface area (Å²) in [6.07, 6.45) is 7.70. The molecule has 1 saturated carbocycles. The van der Waals surface area contributed by atoms with E-state index in [-0.39, 0.29) is 11.9 Å². The lowest BCUT2D eigenvalue weighted by molar-refractivity contribution is 0.264. The SMILES string of the molecule is CCC(NCCC1CCCC(C)C1)c1ccccc1F. The van der Waals surface area contributed by atoms with Crippen LogP contribution in [0.4, 0.5) is 4.39 Å². The van der Waals surface area contributed by atoms with Gasteiger partial charge in [-0.1, -0.05) is 51.3 Å². The summed E-state index contributed by atoms with van der Waals surface area (Å²) in [6, 6.07) is 7.29. The molecule has 1 aliphatic carbocycles. The van der Waals surface area contributed by atoms with Crippen LogP contribution < -0.4 is 5.32 Å². The monoisotopic (exact) mass is 277 g/mol. The largest absolute Gasteiger partial charge is 0.310 e. The summed E-state index contributed by atoms with van der Waals surface area (Å²) in [7, 11) is 0. The van der Waals surface area contributed by atoms with Crippen LogP contribution in [0.5, 0.6) is 0 Å². The van der Waals surface area contributed by atoms with E-state index in [0.29, 0.717) is 0 Å². The molecule has 20 heavy (non-hydrogen) atoms. The van der Waals surface area contributed by atoms with E-state index in [2.05, 4.69) is 19.2 Å². The van der Waals surface area contributed by atoms with Crippen molar-refractivity contribution in [2.45, 2.75) is 58.4 Å². The highest BCUT2D eigenvalue weighted by atomic mass is 19.1. The summed E-state index contributed by atoms with van der Waals surface area (Å²) in [5.74, 6) is 1.67. The maximum absolute atomic E-state index is 13.8. The Morgan fingerprint density at radius 1 is 1.30 bits per heavy atom. The van der Waals surface area contributed by atoms with Gasteiger partial charge in [0.05, 0.1) is 0 Å². The lowest BCUT2D eigenvalue weighted by atomic mass is 9.81. The molecule has 112 valence electrons. The van der Waals surface area contributed by atoms with E-state index >= 15 is 0 Å². The molecule has 2 heteroatoms. The van der Waals surface area contributed by atoms with Crippen LogP contribution >= 0.6 is 0 Å². The van der Waals surface area contributed by atoms with Gasteiger partial charge in [-0.15, -0.1) is 0 Å². The van der Waals surface area contributed by atoms with Crippen LogP contribution in [0.25, 0.3) is 0 Å². The van der Waals surface area contributed by atoms with Gasteiger partial charge in [0, 0.05) is 11.6 Å². The van der Waals surface area contributed by atoms with Gasteiger partial charge in [0.2, 0.25) is 0 Å². The summed E-state index contributed by atoms with van der Waals surface area (Å²) in [6.45, 7) is 5.49. The third kappa shape index (κ3) is 4.31. The molecular formula is C18H28FN. The Kier molecular flexibility index (Phi) is 6.03. The molecule has 0 bridgehead atoms. The Morgan fingerprint density at radius 2 is 2.10 bits per heavy atom. The van der Waals surface area contributed by atoms with Gasteiger partial charge in [0.1, 0.15) is 5.82 Å². The molecular weight excluding hydrogens is 249 g/mol. The van der Waals surface area contributed by atoms with E-state index < -0.39 is 0 Å². The van der Waals surface area contributed by atoms with Crippen molar-refractivity contribution in [3.05, 3.63) is 35.6 Å². The molecule has 1 fully saturated rings. The summed E-state index contributed by atoms with van der Waals surface area (Å²) < 4.78 is 13.8. The highest BCUT2D eigenvalue weighted by Gasteiger charge is 2.19. The van der Waals surface area contributed by atoms with Crippen LogP contribution in [-0.4, -0.2) is 6.54 Å².